The molecule has 0 aliphatic carbocycles. The minimum atomic E-state index is -2.52. The molecule has 88 valence electrons. The Balaban J connectivity index is 2.98. The summed E-state index contributed by atoms with van der Waals surface area (Å²) in [6.45, 7) is -0.520. The average molecular weight is 251 g/mol. The molecule has 0 atom stereocenters. The second kappa shape index (κ2) is 5.07. The van der Waals surface area contributed by atoms with Crippen LogP contribution in [0.15, 0.2) is 12.1 Å². The molecule has 0 spiro atoms. The molecule has 0 aromatic carbocycles. The van der Waals surface area contributed by atoms with Crippen molar-refractivity contribution in [2.24, 2.45) is 0 Å². The van der Waals surface area contributed by atoms with Crippen LogP contribution in [-0.4, -0.2) is 36.1 Å². The van der Waals surface area contributed by atoms with Crippen LogP contribution in [0.2, 0.25) is 5.02 Å². The van der Waals surface area contributed by atoms with Gasteiger partial charge in [-0.1, -0.05) is 11.6 Å². The van der Waals surface area contributed by atoms with Gasteiger partial charge in [-0.15, -0.1) is 0 Å². The van der Waals surface area contributed by atoms with Gasteiger partial charge in [-0.2, -0.15) is 0 Å². The summed E-state index contributed by atoms with van der Waals surface area (Å²) in [5, 5.41) is 8.71. The first-order chi connectivity index (χ1) is 7.41. The fourth-order valence-electron chi connectivity index (χ4n) is 1.09. The highest BCUT2D eigenvalue weighted by molar-refractivity contribution is 6.33. The summed E-state index contributed by atoms with van der Waals surface area (Å²) in [5.41, 5.74) is -0.347. The molecule has 1 aromatic heterocycles. The Bertz CT molecular complexity index is 401. The fraction of sp³-hybridized carbons (Fsp3) is 0.333. The van der Waals surface area contributed by atoms with Crippen molar-refractivity contribution in [1.29, 1.82) is 0 Å². The number of pyridine rings is 1. The van der Waals surface area contributed by atoms with Gasteiger partial charge in [0.15, 0.2) is 5.69 Å². The molecule has 0 unspecified atom stereocenters. The minimum absolute atomic E-state index is 0.0262. The molecular formula is C9H9ClF2N2O2. The van der Waals surface area contributed by atoms with Crippen LogP contribution in [0.1, 0.15) is 10.5 Å². The molecule has 4 nitrogen and oxygen atoms in total. The largest absolute Gasteiger partial charge is 0.476 e. The van der Waals surface area contributed by atoms with Gasteiger partial charge in [0.1, 0.15) is 5.82 Å². The van der Waals surface area contributed by atoms with Gasteiger partial charge in [0.05, 0.1) is 11.6 Å². The van der Waals surface area contributed by atoms with Crippen LogP contribution in [0, 0.1) is 0 Å². The topological polar surface area (TPSA) is 53.4 Å². The van der Waals surface area contributed by atoms with Crippen molar-refractivity contribution in [3.05, 3.63) is 22.8 Å². The van der Waals surface area contributed by atoms with Gasteiger partial charge in [0, 0.05) is 7.05 Å². The maximum absolute atomic E-state index is 12.1. The molecule has 1 heterocycles. The molecule has 1 rings (SSSR count). The first kappa shape index (κ1) is 12.6. The highest BCUT2D eigenvalue weighted by atomic mass is 35.5. The predicted octanol–water partition coefficient (Wildman–Crippen LogP) is 2.13. The molecule has 0 saturated carbocycles. The third-order valence-corrected chi connectivity index (χ3v) is 2.14. The van der Waals surface area contributed by atoms with Crippen molar-refractivity contribution < 1.29 is 18.7 Å². The molecule has 7 heteroatoms. The number of anilines is 1. The Hall–Kier alpha value is -1.43. The van der Waals surface area contributed by atoms with E-state index in [1.54, 1.807) is 0 Å². The van der Waals surface area contributed by atoms with Gasteiger partial charge < -0.3 is 10.0 Å². The number of carboxylic acids is 1. The standard InChI is InChI=1S/C9H9ClF2N2O2/c1-14(4-6(11)12)7-3-2-5(10)8(13-7)9(15)16/h2-3,6H,4H2,1H3,(H,15,16). The van der Waals surface area contributed by atoms with Crippen LogP contribution in [0.4, 0.5) is 14.6 Å². The SMILES string of the molecule is CN(CC(F)F)c1ccc(Cl)c(C(=O)O)n1. The monoisotopic (exact) mass is 250 g/mol. The number of halogens is 3. The zero-order chi connectivity index (χ0) is 12.3. The Kier molecular flexibility index (Phi) is 4.00. The summed E-state index contributed by atoms with van der Waals surface area (Å²) in [5.74, 6) is -1.15. The zero-order valence-electron chi connectivity index (χ0n) is 8.32. The molecule has 1 aromatic rings. The lowest BCUT2D eigenvalue weighted by Crippen LogP contribution is -2.25. The Morgan fingerprint density at radius 1 is 1.62 bits per heavy atom. The molecular weight excluding hydrogens is 242 g/mol. The third kappa shape index (κ3) is 3.03. The van der Waals surface area contributed by atoms with Crippen molar-refractivity contribution in [1.82, 2.24) is 4.98 Å². The number of carbonyl (C=O) groups is 1. The molecule has 1 N–H and O–H groups in total. The molecule has 16 heavy (non-hydrogen) atoms. The van der Waals surface area contributed by atoms with Gasteiger partial charge in [0.2, 0.25) is 0 Å². The van der Waals surface area contributed by atoms with Crippen molar-refractivity contribution in [2.75, 3.05) is 18.5 Å². The number of alkyl halides is 2. The van der Waals surface area contributed by atoms with E-state index >= 15 is 0 Å². The number of hydrogen-bond acceptors (Lipinski definition) is 3. The quantitative estimate of drug-likeness (QED) is 0.890. The lowest BCUT2D eigenvalue weighted by atomic mass is 10.3. The minimum Gasteiger partial charge on any atom is -0.476 e. The van der Waals surface area contributed by atoms with Crippen molar-refractivity contribution in [3.63, 3.8) is 0 Å². The maximum Gasteiger partial charge on any atom is 0.356 e. The van der Waals surface area contributed by atoms with E-state index in [1.807, 2.05) is 0 Å². The van der Waals surface area contributed by atoms with Crippen LogP contribution in [0.3, 0.4) is 0 Å². The van der Waals surface area contributed by atoms with E-state index in [-0.39, 0.29) is 16.5 Å². The van der Waals surface area contributed by atoms with Gasteiger partial charge in [-0.05, 0) is 12.1 Å². The number of carboxylic acid groups (broad SMARTS) is 1. The number of aromatic nitrogens is 1. The number of hydrogen-bond donors (Lipinski definition) is 1. The maximum atomic E-state index is 12.1. The predicted molar refractivity (Wildman–Crippen MR) is 55.5 cm³/mol. The van der Waals surface area contributed by atoms with Crippen LogP contribution < -0.4 is 4.90 Å². The number of aromatic carboxylic acids is 1. The van der Waals surface area contributed by atoms with E-state index in [9.17, 15) is 13.6 Å². The molecule has 0 fully saturated rings. The van der Waals surface area contributed by atoms with Crippen LogP contribution in [0.5, 0.6) is 0 Å². The first-order valence-corrected chi connectivity index (χ1v) is 4.68. The van der Waals surface area contributed by atoms with Crippen LogP contribution in [0.25, 0.3) is 0 Å². The number of nitrogens with zero attached hydrogens (tertiary/aromatic N) is 2. The van der Waals surface area contributed by atoms with Gasteiger partial charge in [-0.25, -0.2) is 18.6 Å². The molecule has 0 aliphatic heterocycles. The summed E-state index contributed by atoms with van der Waals surface area (Å²) in [4.78, 5) is 15.6. The molecule has 0 radical (unpaired) electrons. The van der Waals surface area contributed by atoms with Gasteiger partial charge in [-0.3, -0.25) is 0 Å². The highest BCUT2D eigenvalue weighted by Gasteiger charge is 2.15. The van der Waals surface area contributed by atoms with E-state index in [0.717, 1.165) is 4.90 Å². The van der Waals surface area contributed by atoms with E-state index < -0.39 is 18.9 Å². The summed E-state index contributed by atoms with van der Waals surface area (Å²) in [6.07, 6.45) is -2.52. The third-order valence-electron chi connectivity index (χ3n) is 1.84. The zero-order valence-corrected chi connectivity index (χ0v) is 9.08. The number of rotatable bonds is 4. The second-order valence-corrected chi connectivity index (χ2v) is 3.48. The Morgan fingerprint density at radius 2 is 2.25 bits per heavy atom. The lowest BCUT2D eigenvalue weighted by Gasteiger charge is -2.17. The van der Waals surface area contributed by atoms with E-state index in [0.29, 0.717) is 0 Å². The van der Waals surface area contributed by atoms with Crippen LogP contribution >= 0.6 is 11.6 Å². The Morgan fingerprint density at radius 3 is 2.75 bits per heavy atom. The molecule has 0 bridgehead atoms. The van der Waals surface area contributed by atoms with Crippen molar-refractivity contribution >= 4 is 23.4 Å². The smallest absolute Gasteiger partial charge is 0.356 e. The summed E-state index contributed by atoms with van der Waals surface area (Å²) < 4.78 is 24.2. The van der Waals surface area contributed by atoms with Crippen LogP contribution in [-0.2, 0) is 0 Å². The van der Waals surface area contributed by atoms with Crippen molar-refractivity contribution in [3.8, 4) is 0 Å². The Labute approximate surface area is 95.5 Å². The first-order valence-electron chi connectivity index (χ1n) is 4.31. The van der Waals surface area contributed by atoms with Gasteiger partial charge >= 0.3 is 5.97 Å². The summed E-state index contributed by atoms with van der Waals surface area (Å²) >= 11 is 5.59. The summed E-state index contributed by atoms with van der Waals surface area (Å²) in [7, 11) is 1.40. The normalized spacial score (nSPS) is 10.6. The highest BCUT2D eigenvalue weighted by Crippen LogP contribution is 2.19. The van der Waals surface area contributed by atoms with E-state index in [2.05, 4.69) is 4.98 Å². The molecule has 0 amide bonds. The van der Waals surface area contributed by atoms with Gasteiger partial charge in [0.25, 0.3) is 6.43 Å². The molecule has 0 aliphatic rings. The van der Waals surface area contributed by atoms with E-state index in [4.69, 9.17) is 16.7 Å². The lowest BCUT2D eigenvalue weighted by molar-refractivity contribution is 0.0691. The second-order valence-electron chi connectivity index (χ2n) is 3.08. The molecule has 0 saturated heterocycles. The van der Waals surface area contributed by atoms with E-state index in [1.165, 1.54) is 19.2 Å². The average Bonchev–Trinajstić information content (AvgIpc) is 2.16. The fourth-order valence-corrected chi connectivity index (χ4v) is 1.28. The van der Waals surface area contributed by atoms with Crippen molar-refractivity contribution in [2.45, 2.75) is 6.43 Å². The summed E-state index contributed by atoms with van der Waals surface area (Å²) in [6, 6.07) is 2.70.